The van der Waals surface area contributed by atoms with Crippen LogP contribution in [0.1, 0.15) is 19.4 Å². The van der Waals surface area contributed by atoms with Gasteiger partial charge in [-0.15, -0.1) is 0 Å². The molecule has 0 saturated carbocycles. The highest BCUT2D eigenvalue weighted by Crippen LogP contribution is 2.45. The first kappa shape index (κ1) is 20.4. The van der Waals surface area contributed by atoms with Gasteiger partial charge in [0.05, 0.1) is 12.2 Å². The monoisotopic (exact) mass is 439 g/mol. The fourth-order valence-electron chi connectivity index (χ4n) is 2.60. The molecule has 1 fully saturated rings. The van der Waals surface area contributed by atoms with E-state index in [0.717, 1.165) is 0 Å². The summed E-state index contributed by atoms with van der Waals surface area (Å²) in [4.78, 5) is 10.9. The van der Waals surface area contributed by atoms with Crippen molar-refractivity contribution < 1.29 is 53.6 Å². The maximum atomic E-state index is 10.9. The second-order valence-corrected chi connectivity index (χ2v) is 5.92. The predicted molar refractivity (Wildman–Crippen MR) is 76.7 cm³/mol. The molecule has 7 nitrogen and oxygen atoms in total. The summed E-state index contributed by atoms with van der Waals surface area (Å²) in [5.74, 6) is -1.51. The average molecular weight is 439 g/mol. The number of halogens is 1. The zero-order valence-corrected chi connectivity index (χ0v) is 15.4. The highest BCUT2D eigenvalue weighted by atomic mass is 127. The van der Waals surface area contributed by atoms with Gasteiger partial charge < -0.3 is 48.4 Å². The molecule has 0 aliphatic carbocycles. The maximum absolute atomic E-state index is 10.9. The van der Waals surface area contributed by atoms with Crippen LogP contribution in [0.2, 0.25) is 0 Å². The van der Waals surface area contributed by atoms with E-state index in [1.54, 1.807) is 38.1 Å². The minimum Gasteiger partial charge on any atom is -1.00 e. The molecule has 1 unspecified atom stereocenters. The van der Waals surface area contributed by atoms with E-state index in [1.807, 2.05) is 5.18 Å². The Morgan fingerprint density at radius 1 is 1.35 bits per heavy atom. The topological polar surface area (TPSA) is 99.2 Å². The van der Waals surface area contributed by atoms with E-state index in [-0.39, 0.29) is 30.6 Å². The summed E-state index contributed by atoms with van der Waals surface area (Å²) in [6.07, 6.45) is -1.86. The van der Waals surface area contributed by atoms with Crippen LogP contribution < -0.4 is 29.2 Å². The quantitative estimate of drug-likeness (QED) is 0.404. The Balaban J connectivity index is 0.00000264. The molecule has 1 aromatic carbocycles. The minimum absolute atomic E-state index is 0. The molecule has 8 heteroatoms. The lowest BCUT2D eigenvalue weighted by Crippen LogP contribution is -3.00. The number of benzene rings is 1. The van der Waals surface area contributed by atoms with E-state index in [0.29, 0.717) is 11.3 Å². The van der Waals surface area contributed by atoms with Crippen LogP contribution in [0, 0.1) is 10.3 Å². The molecule has 1 saturated heterocycles. The lowest BCUT2D eigenvalue weighted by Gasteiger charge is -2.30. The minimum atomic E-state index is -1.51. The lowest BCUT2D eigenvalue weighted by atomic mass is 9.84. The van der Waals surface area contributed by atoms with Gasteiger partial charge in [-0.2, -0.15) is 0 Å². The first-order valence-corrected chi connectivity index (χ1v) is 7.01. The van der Waals surface area contributed by atoms with E-state index in [4.69, 9.17) is 14.2 Å². The van der Waals surface area contributed by atoms with Crippen molar-refractivity contribution in [3.63, 3.8) is 0 Å². The summed E-state index contributed by atoms with van der Waals surface area (Å²) < 4.78 is 16.5. The van der Waals surface area contributed by atoms with Crippen molar-refractivity contribution in [1.29, 1.82) is 0 Å². The summed E-state index contributed by atoms with van der Waals surface area (Å²) in [7, 11) is 1.36. The number of aliphatic hydroxyl groups is 2. The van der Waals surface area contributed by atoms with Gasteiger partial charge >= 0.3 is 0 Å². The molecule has 130 valence electrons. The van der Waals surface area contributed by atoms with Crippen molar-refractivity contribution in [1.82, 2.24) is 0 Å². The van der Waals surface area contributed by atoms with E-state index >= 15 is 0 Å². The van der Waals surface area contributed by atoms with Crippen molar-refractivity contribution in [3.05, 3.63) is 34.7 Å². The first-order valence-electron chi connectivity index (χ1n) is 7.01. The van der Waals surface area contributed by atoms with Gasteiger partial charge in [0.2, 0.25) is 5.79 Å². The summed E-state index contributed by atoms with van der Waals surface area (Å²) in [5.41, 5.74) is 0.294. The number of aliphatic hydroxyl groups excluding tert-OH is 2. The SMILES string of the molecule is CO[C@@]1(CO)O[C@@H](OCc2ccccc2[NH+]=O)C(C)(C)C1O.[I-]. The molecule has 1 heterocycles. The number of para-hydroxylation sites is 1. The number of ether oxygens (including phenoxy) is 3. The number of nitroso groups, excluding NO2 is 1. The molecule has 3 atom stereocenters. The summed E-state index contributed by atoms with van der Waals surface area (Å²) >= 11 is 0. The van der Waals surface area contributed by atoms with Gasteiger partial charge in [-0.05, 0) is 6.07 Å². The molecule has 1 aliphatic rings. The highest BCUT2D eigenvalue weighted by molar-refractivity contribution is 5.37. The molecule has 0 radical (unpaired) electrons. The molecule has 2 rings (SSSR count). The van der Waals surface area contributed by atoms with Crippen LogP contribution in [0.15, 0.2) is 24.3 Å². The van der Waals surface area contributed by atoms with E-state index in [1.165, 1.54) is 7.11 Å². The third-order valence-electron chi connectivity index (χ3n) is 4.12. The summed E-state index contributed by atoms with van der Waals surface area (Å²) in [6.45, 7) is 3.15. The van der Waals surface area contributed by atoms with Crippen LogP contribution in [0.5, 0.6) is 0 Å². The zero-order valence-electron chi connectivity index (χ0n) is 13.3. The number of hydrogen-bond acceptors (Lipinski definition) is 6. The normalized spacial score (nSPS) is 29.1. The van der Waals surface area contributed by atoms with Crippen LogP contribution >= 0.6 is 0 Å². The van der Waals surface area contributed by atoms with Gasteiger partial charge in [0.15, 0.2) is 6.29 Å². The van der Waals surface area contributed by atoms with Crippen molar-refractivity contribution in [2.24, 2.45) is 5.41 Å². The number of methoxy groups -OCH3 is 1. The fraction of sp³-hybridized carbons (Fsp3) is 0.600. The van der Waals surface area contributed by atoms with Crippen LogP contribution in [0.3, 0.4) is 0 Å². The Morgan fingerprint density at radius 2 is 2.00 bits per heavy atom. The van der Waals surface area contributed by atoms with E-state index in [9.17, 15) is 15.1 Å². The third kappa shape index (κ3) is 3.72. The first-order chi connectivity index (χ1) is 10.4. The highest BCUT2D eigenvalue weighted by Gasteiger charge is 2.60. The van der Waals surface area contributed by atoms with Crippen LogP contribution in [-0.2, 0) is 20.8 Å². The van der Waals surface area contributed by atoms with Crippen LogP contribution in [0.4, 0.5) is 5.69 Å². The summed E-state index contributed by atoms with van der Waals surface area (Å²) in [5, 5.41) is 21.7. The predicted octanol–water partition coefficient (Wildman–Crippen LogP) is -3.24. The second-order valence-electron chi connectivity index (χ2n) is 5.92. The fourth-order valence-corrected chi connectivity index (χ4v) is 2.60. The Kier molecular flexibility index (Phi) is 7.05. The standard InChI is InChI=1S/C15H21NO6.HI/c1-14(2)12(18)15(9-17,20-3)22-13(14)21-8-10-6-4-5-7-11(10)16-19;/h4-7,12-13,17-18H,8-9H2,1-3H3;1H/t12?,13-,15+;/m1./s1. The molecule has 0 bridgehead atoms. The Hall–Kier alpha value is -0.650. The Morgan fingerprint density at radius 3 is 2.52 bits per heavy atom. The molecule has 0 spiro atoms. The van der Waals surface area contributed by atoms with E-state index in [2.05, 4.69) is 0 Å². The van der Waals surface area contributed by atoms with Gasteiger partial charge in [-0.3, -0.25) is 0 Å². The van der Waals surface area contributed by atoms with Crippen molar-refractivity contribution in [2.75, 3.05) is 13.7 Å². The lowest BCUT2D eigenvalue weighted by molar-refractivity contribution is -0.381. The van der Waals surface area contributed by atoms with Crippen molar-refractivity contribution >= 4 is 5.69 Å². The molecule has 0 amide bonds. The van der Waals surface area contributed by atoms with Crippen molar-refractivity contribution in [3.8, 4) is 0 Å². The number of hydrogen-bond donors (Lipinski definition) is 3. The molecular weight excluding hydrogens is 417 g/mol. The summed E-state index contributed by atoms with van der Waals surface area (Å²) in [6, 6.07) is 6.94. The zero-order chi connectivity index (χ0) is 16.4. The van der Waals surface area contributed by atoms with Gasteiger partial charge in [-0.1, -0.05) is 26.0 Å². The second kappa shape index (κ2) is 7.95. The number of nitrogens with one attached hydrogen (secondary N) is 1. The van der Waals surface area contributed by atoms with Gasteiger partial charge in [0.25, 0.3) is 5.69 Å². The smallest absolute Gasteiger partial charge is 0.258 e. The molecule has 1 aliphatic heterocycles. The molecule has 23 heavy (non-hydrogen) atoms. The van der Waals surface area contributed by atoms with Gasteiger partial charge in [0, 0.05) is 28.7 Å². The third-order valence-corrected chi connectivity index (χ3v) is 4.12. The van der Waals surface area contributed by atoms with E-state index < -0.39 is 30.2 Å². The van der Waals surface area contributed by atoms with Crippen LogP contribution in [0.25, 0.3) is 0 Å². The van der Waals surface area contributed by atoms with Gasteiger partial charge in [0.1, 0.15) is 12.7 Å². The largest absolute Gasteiger partial charge is 1.00 e. The average Bonchev–Trinajstić information content (AvgIpc) is 2.73. The molecule has 0 aromatic heterocycles. The Bertz CT molecular complexity index is 534. The maximum Gasteiger partial charge on any atom is 0.258 e. The molecule has 3 N–H and O–H groups in total. The molecular formula is C15H22INO6. The van der Waals surface area contributed by atoms with Gasteiger partial charge in [-0.25, -0.2) is 0 Å². The molecule has 1 aromatic rings. The Labute approximate surface area is 151 Å². The van der Waals surface area contributed by atoms with Crippen molar-refractivity contribution in [2.45, 2.75) is 38.6 Å². The number of rotatable bonds is 6. The van der Waals surface area contributed by atoms with Crippen LogP contribution in [-0.4, -0.2) is 42.1 Å².